The largest absolute Gasteiger partial charge is 0.465 e. The summed E-state index contributed by atoms with van der Waals surface area (Å²) in [5, 5.41) is 1.22. The molecule has 0 aliphatic rings. The third kappa shape index (κ3) is 2.63. The highest BCUT2D eigenvalue weighted by Crippen LogP contribution is 2.33. The van der Waals surface area contributed by atoms with E-state index >= 15 is 0 Å². The van der Waals surface area contributed by atoms with Gasteiger partial charge in [0.15, 0.2) is 0 Å². The average molecular weight is 311 g/mol. The lowest BCUT2D eigenvalue weighted by atomic mass is 10.0. The Morgan fingerprint density at radius 2 is 1.86 bits per heavy atom. The molecule has 0 amide bonds. The van der Waals surface area contributed by atoms with Gasteiger partial charge in [-0.2, -0.15) is 0 Å². The highest BCUT2D eigenvalue weighted by Gasteiger charge is 2.09. The number of nitrogens with two attached hydrogens (primary N) is 1. The third-order valence-electron chi connectivity index (χ3n) is 3.69. The molecular weight excluding hydrogens is 294 g/mol. The number of fused-ring (bicyclic) bond motifs is 1. The van der Waals surface area contributed by atoms with Crippen molar-refractivity contribution in [1.29, 1.82) is 0 Å². The Morgan fingerprint density at radius 1 is 1.14 bits per heavy atom. The summed E-state index contributed by atoms with van der Waals surface area (Å²) in [5.74, 6) is -0.316. The lowest BCUT2D eigenvalue weighted by molar-refractivity contribution is 0.0601. The number of benzene rings is 2. The van der Waals surface area contributed by atoms with Crippen molar-refractivity contribution in [2.75, 3.05) is 7.11 Å². The van der Waals surface area contributed by atoms with Crippen LogP contribution < -0.4 is 5.73 Å². The topological polar surface area (TPSA) is 52.3 Å². The summed E-state index contributed by atoms with van der Waals surface area (Å²) in [6, 6.07) is 14.0. The molecule has 0 saturated carbocycles. The SMILES string of the molecule is COC(=O)c1ccc(-c2cc(C)c3sc(CN)cc3c2)cc1. The second kappa shape index (κ2) is 5.91. The summed E-state index contributed by atoms with van der Waals surface area (Å²) in [6.45, 7) is 2.69. The predicted octanol–water partition coefficient (Wildman–Crippen LogP) is 4.12. The second-order valence-corrected chi connectivity index (χ2v) is 6.33. The number of hydrogen-bond acceptors (Lipinski definition) is 4. The number of ether oxygens (including phenoxy) is 1. The maximum atomic E-state index is 11.5. The van der Waals surface area contributed by atoms with Crippen LogP contribution in [0.25, 0.3) is 21.2 Å². The molecule has 0 atom stereocenters. The molecule has 1 heterocycles. The molecule has 0 bridgehead atoms. The minimum atomic E-state index is -0.316. The summed E-state index contributed by atoms with van der Waals surface area (Å²) in [4.78, 5) is 12.7. The zero-order chi connectivity index (χ0) is 15.7. The lowest BCUT2D eigenvalue weighted by Gasteiger charge is -2.06. The molecule has 2 N–H and O–H groups in total. The molecule has 1 aromatic heterocycles. The minimum Gasteiger partial charge on any atom is -0.465 e. The van der Waals surface area contributed by atoms with Crippen LogP contribution in [0.3, 0.4) is 0 Å². The second-order valence-electron chi connectivity index (χ2n) is 5.20. The van der Waals surface area contributed by atoms with Crippen LogP contribution in [-0.2, 0) is 11.3 Å². The normalized spacial score (nSPS) is 10.9. The van der Waals surface area contributed by atoms with Crippen LogP contribution in [0.15, 0.2) is 42.5 Å². The van der Waals surface area contributed by atoms with Crippen molar-refractivity contribution < 1.29 is 9.53 Å². The molecule has 0 radical (unpaired) electrons. The highest BCUT2D eigenvalue weighted by atomic mass is 32.1. The standard InChI is InChI=1S/C18H17NO2S/c1-11-7-14(8-15-9-16(10-19)22-17(11)15)12-3-5-13(6-4-12)18(20)21-2/h3-9H,10,19H2,1-2H3. The Hall–Kier alpha value is -2.17. The van der Waals surface area contributed by atoms with Crippen molar-refractivity contribution in [3.8, 4) is 11.1 Å². The fourth-order valence-corrected chi connectivity index (χ4v) is 3.55. The van der Waals surface area contributed by atoms with Gasteiger partial charge in [0.05, 0.1) is 12.7 Å². The van der Waals surface area contributed by atoms with Crippen LogP contribution in [-0.4, -0.2) is 13.1 Å². The number of methoxy groups -OCH3 is 1. The van der Waals surface area contributed by atoms with E-state index in [-0.39, 0.29) is 5.97 Å². The van der Waals surface area contributed by atoms with Crippen molar-refractivity contribution in [2.24, 2.45) is 5.73 Å². The van der Waals surface area contributed by atoms with Gasteiger partial charge in [-0.05, 0) is 59.3 Å². The number of thiophene rings is 1. The van der Waals surface area contributed by atoms with Crippen LogP contribution >= 0.6 is 11.3 Å². The molecule has 0 aliphatic heterocycles. The van der Waals surface area contributed by atoms with Crippen molar-refractivity contribution in [1.82, 2.24) is 0 Å². The first-order chi connectivity index (χ1) is 10.6. The number of esters is 1. The van der Waals surface area contributed by atoms with Gasteiger partial charge in [-0.25, -0.2) is 4.79 Å². The monoisotopic (exact) mass is 311 g/mol. The Bertz CT molecular complexity index is 834. The number of carbonyl (C=O) groups is 1. The fourth-order valence-electron chi connectivity index (χ4n) is 2.57. The zero-order valence-electron chi connectivity index (χ0n) is 12.6. The van der Waals surface area contributed by atoms with E-state index in [1.165, 1.54) is 27.6 Å². The summed E-state index contributed by atoms with van der Waals surface area (Å²) in [7, 11) is 1.39. The predicted molar refractivity (Wildman–Crippen MR) is 91.2 cm³/mol. The van der Waals surface area contributed by atoms with Gasteiger partial charge in [-0.15, -0.1) is 11.3 Å². The first kappa shape index (κ1) is 14.8. The summed E-state index contributed by atoms with van der Waals surface area (Å²) < 4.78 is 6.01. The van der Waals surface area contributed by atoms with Gasteiger partial charge in [0.25, 0.3) is 0 Å². The number of hydrogen-bond donors (Lipinski definition) is 1. The van der Waals surface area contributed by atoms with Crippen LogP contribution in [0.4, 0.5) is 0 Å². The van der Waals surface area contributed by atoms with Gasteiger partial charge in [0.2, 0.25) is 0 Å². The molecule has 0 unspecified atom stereocenters. The van der Waals surface area contributed by atoms with E-state index in [9.17, 15) is 4.79 Å². The molecule has 112 valence electrons. The molecule has 4 heteroatoms. The molecule has 0 saturated heterocycles. The van der Waals surface area contributed by atoms with Gasteiger partial charge >= 0.3 is 5.97 Å². The molecule has 3 nitrogen and oxygen atoms in total. The molecular formula is C18H17NO2S. The van der Waals surface area contributed by atoms with Crippen LogP contribution in [0.1, 0.15) is 20.8 Å². The van der Waals surface area contributed by atoms with Gasteiger partial charge in [0.1, 0.15) is 0 Å². The van der Waals surface area contributed by atoms with Gasteiger partial charge in [-0.1, -0.05) is 12.1 Å². The molecule has 2 aromatic carbocycles. The van der Waals surface area contributed by atoms with Crippen molar-refractivity contribution in [3.05, 3.63) is 58.5 Å². The van der Waals surface area contributed by atoms with E-state index in [1.54, 1.807) is 23.5 Å². The molecule has 0 spiro atoms. The maximum absolute atomic E-state index is 11.5. The summed E-state index contributed by atoms with van der Waals surface area (Å²) in [6.07, 6.45) is 0. The van der Waals surface area contributed by atoms with Gasteiger partial charge < -0.3 is 10.5 Å². The zero-order valence-corrected chi connectivity index (χ0v) is 13.4. The van der Waals surface area contributed by atoms with E-state index in [0.29, 0.717) is 12.1 Å². The van der Waals surface area contributed by atoms with Crippen LogP contribution in [0.2, 0.25) is 0 Å². The minimum absolute atomic E-state index is 0.316. The third-order valence-corrected chi connectivity index (χ3v) is 5.00. The Labute approximate surface area is 133 Å². The van der Waals surface area contributed by atoms with Crippen molar-refractivity contribution in [3.63, 3.8) is 0 Å². The fraction of sp³-hybridized carbons (Fsp3) is 0.167. The molecule has 0 fully saturated rings. The van der Waals surface area contributed by atoms with E-state index < -0.39 is 0 Å². The Morgan fingerprint density at radius 3 is 2.50 bits per heavy atom. The van der Waals surface area contributed by atoms with Gasteiger partial charge in [-0.3, -0.25) is 0 Å². The summed E-state index contributed by atoms with van der Waals surface area (Å²) >= 11 is 1.75. The van der Waals surface area contributed by atoms with Crippen molar-refractivity contribution >= 4 is 27.4 Å². The highest BCUT2D eigenvalue weighted by molar-refractivity contribution is 7.19. The molecule has 0 aliphatic carbocycles. The van der Waals surface area contributed by atoms with Crippen molar-refractivity contribution in [2.45, 2.75) is 13.5 Å². The van der Waals surface area contributed by atoms with Crippen LogP contribution in [0, 0.1) is 6.92 Å². The van der Waals surface area contributed by atoms with E-state index in [0.717, 1.165) is 11.1 Å². The Kier molecular flexibility index (Phi) is 3.96. The first-order valence-electron chi connectivity index (χ1n) is 7.04. The summed E-state index contributed by atoms with van der Waals surface area (Å²) in [5.41, 5.74) is 9.77. The van der Waals surface area contributed by atoms with E-state index in [4.69, 9.17) is 10.5 Å². The molecule has 22 heavy (non-hydrogen) atoms. The lowest BCUT2D eigenvalue weighted by Crippen LogP contribution is -2.00. The smallest absolute Gasteiger partial charge is 0.337 e. The first-order valence-corrected chi connectivity index (χ1v) is 7.86. The average Bonchev–Trinajstić information content (AvgIpc) is 2.98. The molecule has 3 rings (SSSR count). The van der Waals surface area contributed by atoms with E-state index in [1.807, 2.05) is 12.1 Å². The quantitative estimate of drug-likeness (QED) is 0.740. The van der Waals surface area contributed by atoms with Gasteiger partial charge in [0, 0.05) is 16.1 Å². The number of rotatable bonds is 3. The van der Waals surface area contributed by atoms with Crippen LogP contribution in [0.5, 0.6) is 0 Å². The van der Waals surface area contributed by atoms with E-state index in [2.05, 4.69) is 25.1 Å². The molecule has 3 aromatic rings. The maximum Gasteiger partial charge on any atom is 0.337 e. The number of carbonyl (C=O) groups excluding carboxylic acids is 1. The number of aryl methyl sites for hydroxylation is 1. The Balaban J connectivity index is 2.04.